The normalized spacial score (nSPS) is 14.2. The first kappa shape index (κ1) is 24.3. The third-order valence-corrected chi connectivity index (χ3v) is 6.80. The van der Waals surface area contributed by atoms with E-state index in [0.717, 1.165) is 29.2 Å². The van der Waals surface area contributed by atoms with E-state index in [1.807, 2.05) is 18.2 Å². The SMILES string of the molecule is CCN(c1ccc(/C=C/C2=[N+](C)c3cc(OC)ccc3C2(C)C)cc1)c1ccc(C(=O)OC)cc1. The van der Waals surface area contributed by atoms with Gasteiger partial charge in [-0.25, -0.2) is 4.79 Å². The Balaban J connectivity index is 1.55. The number of rotatable bonds is 7. The number of ether oxygens (including phenoxy) is 2. The predicted molar refractivity (Wildman–Crippen MR) is 143 cm³/mol. The lowest BCUT2D eigenvalue weighted by Gasteiger charge is -2.23. The summed E-state index contributed by atoms with van der Waals surface area (Å²) in [7, 11) is 5.21. The van der Waals surface area contributed by atoms with Gasteiger partial charge in [0.2, 0.25) is 5.69 Å². The van der Waals surface area contributed by atoms with Gasteiger partial charge in [0.15, 0.2) is 5.71 Å². The zero-order chi connectivity index (χ0) is 25.2. The summed E-state index contributed by atoms with van der Waals surface area (Å²) in [5, 5.41) is 0. The molecule has 0 amide bonds. The van der Waals surface area contributed by atoms with E-state index in [1.54, 1.807) is 19.2 Å². The second-order valence-corrected chi connectivity index (χ2v) is 9.16. The highest BCUT2D eigenvalue weighted by Gasteiger charge is 2.43. The van der Waals surface area contributed by atoms with E-state index in [1.165, 1.54) is 24.1 Å². The molecule has 1 aliphatic heterocycles. The summed E-state index contributed by atoms with van der Waals surface area (Å²) in [6.45, 7) is 7.44. The van der Waals surface area contributed by atoms with Crippen molar-refractivity contribution in [1.29, 1.82) is 0 Å². The Bertz CT molecular complexity index is 1290. The Kier molecular flexibility index (Phi) is 6.79. The summed E-state index contributed by atoms with van der Waals surface area (Å²) in [4.78, 5) is 13.9. The fourth-order valence-electron chi connectivity index (χ4n) is 4.80. The first-order chi connectivity index (χ1) is 16.8. The summed E-state index contributed by atoms with van der Waals surface area (Å²) >= 11 is 0. The van der Waals surface area contributed by atoms with E-state index in [2.05, 4.69) is 85.8 Å². The first-order valence-corrected chi connectivity index (χ1v) is 11.8. The topological polar surface area (TPSA) is 41.8 Å². The summed E-state index contributed by atoms with van der Waals surface area (Å²) < 4.78 is 12.5. The molecule has 0 aliphatic carbocycles. The van der Waals surface area contributed by atoms with Crippen LogP contribution in [0.3, 0.4) is 0 Å². The van der Waals surface area contributed by atoms with Gasteiger partial charge in [0.05, 0.1) is 31.3 Å². The number of carbonyl (C=O) groups excluding carboxylic acids is 1. The van der Waals surface area contributed by atoms with Gasteiger partial charge in [-0.1, -0.05) is 12.1 Å². The second-order valence-electron chi connectivity index (χ2n) is 9.16. The Morgan fingerprint density at radius 3 is 2.14 bits per heavy atom. The summed E-state index contributed by atoms with van der Waals surface area (Å²) in [6, 6.07) is 22.3. The molecular formula is C30H33N2O3+. The lowest BCUT2D eigenvalue weighted by molar-refractivity contribution is -0.401. The van der Waals surface area contributed by atoms with Gasteiger partial charge in [-0.3, -0.25) is 0 Å². The zero-order valence-corrected chi connectivity index (χ0v) is 21.3. The van der Waals surface area contributed by atoms with Gasteiger partial charge in [-0.15, -0.1) is 0 Å². The van der Waals surface area contributed by atoms with Crippen molar-refractivity contribution < 1.29 is 18.8 Å². The number of methoxy groups -OCH3 is 2. The van der Waals surface area contributed by atoms with Crippen molar-refractivity contribution >= 4 is 34.8 Å². The molecule has 0 radical (unpaired) electrons. The Morgan fingerprint density at radius 1 is 0.943 bits per heavy atom. The quantitative estimate of drug-likeness (QED) is 0.298. The molecule has 4 rings (SSSR count). The van der Waals surface area contributed by atoms with Crippen molar-refractivity contribution in [2.75, 3.05) is 32.7 Å². The molecule has 3 aromatic carbocycles. The van der Waals surface area contributed by atoms with E-state index in [4.69, 9.17) is 9.47 Å². The average molecular weight is 470 g/mol. The molecule has 0 spiro atoms. The van der Waals surface area contributed by atoms with Crippen LogP contribution in [0, 0.1) is 0 Å². The van der Waals surface area contributed by atoms with Crippen molar-refractivity contribution in [3.63, 3.8) is 0 Å². The van der Waals surface area contributed by atoms with Crippen LogP contribution in [0.15, 0.2) is 72.8 Å². The Labute approximate surface area is 207 Å². The smallest absolute Gasteiger partial charge is 0.337 e. The van der Waals surface area contributed by atoms with Crippen LogP contribution >= 0.6 is 0 Å². The molecule has 5 heteroatoms. The number of nitrogens with zero attached hydrogens (tertiary/aromatic N) is 2. The van der Waals surface area contributed by atoms with Crippen molar-refractivity contribution in [2.45, 2.75) is 26.2 Å². The van der Waals surface area contributed by atoms with Gasteiger partial charge in [-0.05, 0) is 80.9 Å². The lowest BCUT2D eigenvalue weighted by atomic mass is 9.81. The number of hydrogen-bond acceptors (Lipinski definition) is 4. The van der Waals surface area contributed by atoms with Gasteiger partial charge in [0.25, 0.3) is 0 Å². The lowest BCUT2D eigenvalue weighted by Crippen LogP contribution is -2.26. The Morgan fingerprint density at radius 2 is 1.57 bits per heavy atom. The molecule has 5 nitrogen and oxygen atoms in total. The number of allylic oxidation sites excluding steroid dienone is 1. The molecule has 0 atom stereocenters. The molecule has 35 heavy (non-hydrogen) atoms. The van der Waals surface area contributed by atoms with Gasteiger partial charge >= 0.3 is 5.97 Å². The molecule has 1 aliphatic rings. The summed E-state index contributed by atoms with van der Waals surface area (Å²) in [6.07, 6.45) is 4.38. The van der Waals surface area contributed by atoms with Gasteiger partial charge in [0.1, 0.15) is 12.8 Å². The zero-order valence-electron chi connectivity index (χ0n) is 21.3. The number of fused-ring (bicyclic) bond motifs is 1. The molecule has 0 saturated heterocycles. The highest BCUT2D eigenvalue weighted by atomic mass is 16.5. The number of hydrogen-bond donors (Lipinski definition) is 0. The van der Waals surface area contributed by atoms with Gasteiger partial charge in [-0.2, -0.15) is 4.58 Å². The van der Waals surface area contributed by atoms with Crippen molar-refractivity contribution in [3.8, 4) is 5.75 Å². The van der Waals surface area contributed by atoms with E-state index in [0.29, 0.717) is 5.56 Å². The number of carbonyl (C=O) groups is 1. The van der Waals surface area contributed by atoms with Crippen molar-refractivity contribution in [1.82, 2.24) is 0 Å². The van der Waals surface area contributed by atoms with Crippen LogP contribution in [0.5, 0.6) is 5.75 Å². The molecule has 0 unspecified atom stereocenters. The van der Waals surface area contributed by atoms with Crippen LogP contribution in [0.4, 0.5) is 17.1 Å². The first-order valence-electron chi connectivity index (χ1n) is 11.8. The molecule has 0 fully saturated rings. The fourth-order valence-corrected chi connectivity index (χ4v) is 4.80. The predicted octanol–water partition coefficient (Wildman–Crippen LogP) is 6.36. The van der Waals surface area contributed by atoms with Gasteiger partial charge in [0, 0.05) is 29.6 Å². The van der Waals surface area contributed by atoms with Gasteiger partial charge < -0.3 is 14.4 Å². The minimum Gasteiger partial charge on any atom is -0.497 e. The van der Waals surface area contributed by atoms with E-state index in [9.17, 15) is 4.79 Å². The Hall–Kier alpha value is -3.86. The largest absolute Gasteiger partial charge is 0.497 e. The summed E-state index contributed by atoms with van der Waals surface area (Å²) in [5.74, 6) is 0.541. The van der Waals surface area contributed by atoms with E-state index >= 15 is 0 Å². The minimum absolute atomic E-state index is 0.0951. The van der Waals surface area contributed by atoms with Crippen molar-refractivity contribution in [3.05, 3.63) is 89.5 Å². The van der Waals surface area contributed by atoms with Crippen LogP contribution in [0.25, 0.3) is 6.08 Å². The molecule has 0 aromatic heterocycles. The number of anilines is 2. The molecular weight excluding hydrogens is 436 g/mol. The van der Waals surface area contributed by atoms with E-state index in [-0.39, 0.29) is 11.4 Å². The molecule has 1 heterocycles. The van der Waals surface area contributed by atoms with E-state index < -0.39 is 0 Å². The monoisotopic (exact) mass is 469 g/mol. The third kappa shape index (κ3) is 4.59. The molecule has 0 N–H and O–H groups in total. The number of benzene rings is 3. The standard InChI is InChI=1S/C30H33N2O3/c1-7-32(24-15-11-22(12-16-24)29(33)35-6)23-13-8-21(9-14-23)10-19-28-30(2,3)26-18-17-25(34-5)20-27(26)31(28)4/h8-20H,7H2,1-6H3/q+1. The second kappa shape index (κ2) is 9.79. The molecule has 3 aromatic rings. The van der Waals surface area contributed by atoms with Crippen LogP contribution < -0.4 is 9.64 Å². The summed E-state index contributed by atoms with van der Waals surface area (Å²) in [5.41, 5.74) is 7.44. The number of esters is 1. The van der Waals surface area contributed by atoms with Crippen LogP contribution in [0.2, 0.25) is 0 Å². The van der Waals surface area contributed by atoms with Crippen LogP contribution in [-0.2, 0) is 10.2 Å². The minimum atomic E-state index is -0.327. The fraction of sp³-hybridized carbons (Fsp3) is 0.267. The van der Waals surface area contributed by atoms with Crippen LogP contribution in [-0.4, -0.2) is 44.1 Å². The maximum absolute atomic E-state index is 11.7. The maximum atomic E-state index is 11.7. The molecule has 0 saturated carbocycles. The average Bonchev–Trinajstić information content (AvgIpc) is 3.07. The highest BCUT2D eigenvalue weighted by molar-refractivity contribution is 6.05. The molecule has 0 bridgehead atoms. The van der Waals surface area contributed by atoms with Crippen molar-refractivity contribution in [2.24, 2.45) is 0 Å². The maximum Gasteiger partial charge on any atom is 0.337 e. The third-order valence-electron chi connectivity index (χ3n) is 6.80. The van der Waals surface area contributed by atoms with Crippen LogP contribution in [0.1, 0.15) is 42.3 Å². The highest BCUT2D eigenvalue weighted by Crippen LogP contribution is 2.41. The molecule has 180 valence electrons.